The second-order valence-electron chi connectivity index (χ2n) is 10.3. The summed E-state index contributed by atoms with van der Waals surface area (Å²) in [4.78, 5) is 109. The molecule has 21 heteroatoms. The van der Waals surface area contributed by atoms with Crippen molar-refractivity contribution in [3.63, 3.8) is 0 Å². The zero-order valence-electron chi connectivity index (χ0n) is 25.6. The number of aliphatic hydroxyl groups excluding tert-OH is 3. The summed E-state index contributed by atoms with van der Waals surface area (Å²) >= 11 is 0. The van der Waals surface area contributed by atoms with E-state index in [-0.39, 0.29) is 0 Å². The smallest absolute Gasteiger partial charge is 0.326 e. The van der Waals surface area contributed by atoms with Gasteiger partial charge in [0, 0.05) is 6.92 Å². The Balaban J connectivity index is 5.81. The van der Waals surface area contributed by atoms with Gasteiger partial charge in [0.15, 0.2) is 0 Å². The van der Waals surface area contributed by atoms with Gasteiger partial charge in [0.25, 0.3) is 0 Å². The standard InChI is InChI=1S/C25H41N7O14/c1-8(20(40)30-14(25(45)46)7-16(38)39)27-22(42)18(10(3)34)32-24(44)19(11(4)35)31-21(41)13(6-15(26)37)29-23(43)17(9(2)33)28-12(5)36/h8-11,13-14,17-19,33-35H,6-7H2,1-5H3,(H2,26,37)(H,27,42)(H,28,36)(H,29,43)(H,30,40)(H,31,41)(H,32,44)(H,38,39)(H,45,46)/t8-,9+,10+,11+,13-,14-,17-,18-,19-/m0/s1. The number of carbonyl (C=O) groups is 9. The van der Waals surface area contributed by atoms with Crippen molar-refractivity contribution in [3.8, 4) is 0 Å². The first-order valence-electron chi connectivity index (χ1n) is 13.6. The number of aliphatic hydroxyl groups is 3. The van der Waals surface area contributed by atoms with Gasteiger partial charge in [0.2, 0.25) is 41.4 Å². The van der Waals surface area contributed by atoms with Crippen LogP contribution in [0.3, 0.4) is 0 Å². The van der Waals surface area contributed by atoms with Crippen molar-refractivity contribution >= 4 is 53.3 Å². The molecule has 0 bridgehead atoms. The number of hydrogen-bond acceptors (Lipinski definition) is 12. The highest BCUT2D eigenvalue weighted by atomic mass is 16.4. The number of carboxylic acid groups (broad SMARTS) is 2. The lowest BCUT2D eigenvalue weighted by atomic mass is 10.1. The maximum atomic E-state index is 13.0. The lowest BCUT2D eigenvalue weighted by Gasteiger charge is -2.28. The van der Waals surface area contributed by atoms with E-state index in [1.807, 2.05) is 5.32 Å². The Morgan fingerprint density at radius 3 is 1.33 bits per heavy atom. The van der Waals surface area contributed by atoms with Gasteiger partial charge < -0.3 is 63.2 Å². The van der Waals surface area contributed by atoms with Crippen LogP contribution in [0.1, 0.15) is 47.5 Å². The van der Waals surface area contributed by atoms with Crippen LogP contribution in [0, 0.1) is 0 Å². The van der Waals surface area contributed by atoms with E-state index in [9.17, 15) is 58.5 Å². The minimum absolute atomic E-state index is 0.711. The number of aliphatic carboxylic acids is 2. The van der Waals surface area contributed by atoms with Gasteiger partial charge in [-0.2, -0.15) is 0 Å². The molecule has 0 aliphatic carbocycles. The molecule has 0 aromatic heterocycles. The molecule has 7 amide bonds. The average Bonchev–Trinajstić information content (AvgIpc) is 2.90. The van der Waals surface area contributed by atoms with Crippen LogP contribution in [-0.2, 0) is 43.2 Å². The number of nitrogens with one attached hydrogen (secondary N) is 6. The van der Waals surface area contributed by atoms with E-state index < -0.39 is 121 Å². The molecule has 13 N–H and O–H groups in total. The van der Waals surface area contributed by atoms with E-state index in [1.54, 1.807) is 0 Å². The van der Waals surface area contributed by atoms with Crippen molar-refractivity contribution in [2.24, 2.45) is 5.73 Å². The molecule has 0 rings (SSSR count). The van der Waals surface area contributed by atoms with Gasteiger partial charge in [-0.25, -0.2) is 4.79 Å². The quantitative estimate of drug-likeness (QED) is 0.0611. The molecule has 21 nitrogen and oxygen atoms in total. The lowest BCUT2D eigenvalue weighted by Crippen LogP contribution is -2.63. The minimum Gasteiger partial charge on any atom is -0.481 e. The normalized spacial score (nSPS) is 16.7. The summed E-state index contributed by atoms with van der Waals surface area (Å²) in [5.41, 5.74) is 5.16. The maximum absolute atomic E-state index is 13.0. The molecule has 0 heterocycles. The Kier molecular flexibility index (Phi) is 16.8. The van der Waals surface area contributed by atoms with Gasteiger partial charge in [0.05, 0.1) is 31.2 Å². The second kappa shape index (κ2) is 18.8. The van der Waals surface area contributed by atoms with E-state index >= 15 is 0 Å². The lowest BCUT2D eigenvalue weighted by molar-refractivity contribution is -0.147. The molecule has 0 aromatic rings. The van der Waals surface area contributed by atoms with E-state index in [4.69, 9.17) is 15.9 Å². The highest BCUT2D eigenvalue weighted by molar-refractivity contribution is 5.98. The summed E-state index contributed by atoms with van der Waals surface area (Å²) in [7, 11) is 0. The van der Waals surface area contributed by atoms with Gasteiger partial charge in [0.1, 0.15) is 36.3 Å². The highest BCUT2D eigenvalue weighted by Gasteiger charge is 2.36. The number of amides is 7. The number of carbonyl (C=O) groups excluding carboxylic acids is 7. The molecule has 0 saturated carbocycles. The summed E-state index contributed by atoms with van der Waals surface area (Å²) in [6.45, 7) is 5.41. The van der Waals surface area contributed by atoms with Crippen LogP contribution in [0.15, 0.2) is 0 Å². The largest absolute Gasteiger partial charge is 0.481 e. The summed E-state index contributed by atoms with van der Waals surface area (Å²) < 4.78 is 0. The molecule has 0 aliphatic rings. The molecule has 0 aliphatic heterocycles. The van der Waals surface area contributed by atoms with Gasteiger partial charge in [-0.15, -0.1) is 0 Å². The maximum Gasteiger partial charge on any atom is 0.326 e. The number of nitrogens with two attached hydrogens (primary N) is 1. The van der Waals surface area contributed by atoms with Crippen LogP contribution >= 0.6 is 0 Å². The van der Waals surface area contributed by atoms with Crippen LogP contribution in [0.25, 0.3) is 0 Å². The first kappa shape index (κ1) is 41.1. The third-order valence-electron chi connectivity index (χ3n) is 6.03. The van der Waals surface area contributed by atoms with Crippen molar-refractivity contribution in [1.29, 1.82) is 0 Å². The molecular weight excluding hydrogens is 622 g/mol. The van der Waals surface area contributed by atoms with Crippen LogP contribution in [-0.4, -0.2) is 133 Å². The van der Waals surface area contributed by atoms with Crippen LogP contribution in [0.4, 0.5) is 0 Å². The monoisotopic (exact) mass is 663 g/mol. The van der Waals surface area contributed by atoms with Gasteiger partial charge in [-0.3, -0.25) is 38.4 Å². The van der Waals surface area contributed by atoms with Gasteiger partial charge in [-0.05, 0) is 27.7 Å². The Bertz CT molecular complexity index is 1180. The molecule has 260 valence electrons. The first-order chi connectivity index (χ1) is 21.1. The summed E-state index contributed by atoms with van der Waals surface area (Å²) in [5, 5.41) is 60.5. The van der Waals surface area contributed by atoms with Crippen LogP contribution < -0.4 is 37.6 Å². The summed E-state index contributed by atoms with van der Waals surface area (Å²) in [6, 6.07) is -10.4. The Morgan fingerprint density at radius 2 is 0.935 bits per heavy atom. The van der Waals surface area contributed by atoms with Crippen LogP contribution in [0.5, 0.6) is 0 Å². The van der Waals surface area contributed by atoms with E-state index in [2.05, 4.69) is 26.6 Å². The number of rotatable bonds is 19. The fraction of sp³-hybridized carbons (Fsp3) is 0.640. The van der Waals surface area contributed by atoms with Crippen LogP contribution in [0.2, 0.25) is 0 Å². The fourth-order valence-corrected chi connectivity index (χ4v) is 3.64. The molecule has 0 saturated heterocycles. The highest BCUT2D eigenvalue weighted by Crippen LogP contribution is 2.04. The molecule has 9 atom stereocenters. The van der Waals surface area contributed by atoms with Gasteiger partial charge >= 0.3 is 11.9 Å². The Morgan fingerprint density at radius 1 is 0.543 bits per heavy atom. The molecule has 0 radical (unpaired) electrons. The third-order valence-corrected chi connectivity index (χ3v) is 6.03. The zero-order chi connectivity index (χ0) is 36.0. The van der Waals surface area contributed by atoms with Crippen molar-refractivity contribution in [3.05, 3.63) is 0 Å². The fourth-order valence-electron chi connectivity index (χ4n) is 3.64. The third kappa shape index (κ3) is 14.3. The molecule has 46 heavy (non-hydrogen) atoms. The number of hydrogen-bond donors (Lipinski definition) is 12. The Hall–Kier alpha value is -4.89. The number of primary amides is 1. The average molecular weight is 664 g/mol. The topological polar surface area (TPSA) is 353 Å². The summed E-state index contributed by atoms with van der Waals surface area (Å²) in [6.07, 6.45) is -6.59. The van der Waals surface area contributed by atoms with Crippen molar-refractivity contribution < 1.29 is 68.7 Å². The molecule has 0 aromatic carbocycles. The SMILES string of the molecule is CC(=O)N[C@H](C(=O)N[C@@H](CC(N)=O)C(=O)N[C@H](C(=O)N[C@H](C(=O)N[C@@H](C)C(=O)N[C@@H](CC(=O)O)C(=O)O)[C@@H](C)O)[C@@H](C)O)[C@@H](C)O. The molecule has 0 spiro atoms. The van der Waals surface area contributed by atoms with Crippen molar-refractivity contribution in [2.75, 3.05) is 0 Å². The first-order valence-corrected chi connectivity index (χ1v) is 13.6. The van der Waals surface area contributed by atoms with Crippen molar-refractivity contribution in [2.45, 2.75) is 102 Å². The molecule has 0 fully saturated rings. The second-order valence-corrected chi connectivity index (χ2v) is 10.3. The van der Waals surface area contributed by atoms with Crippen molar-refractivity contribution in [1.82, 2.24) is 31.9 Å². The van der Waals surface area contributed by atoms with E-state index in [0.717, 1.165) is 34.6 Å². The predicted molar refractivity (Wildman–Crippen MR) is 152 cm³/mol. The minimum atomic E-state index is -1.88. The van der Waals surface area contributed by atoms with E-state index in [0.29, 0.717) is 0 Å². The number of carboxylic acids is 2. The predicted octanol–water partition coefficient (Wildman–Crippen LogP) is -6.49. The summed E-state index contributed by atoms with van der Waals surface area (Å²) in [5.74, 6) is -10.9. The van der Waals surface area contributed by atoms with Gasteiger partial charge in [-0.1, -0.05) is 0 Å². The van der Waals surface area contributed by atoms with E-state index in [1.165, 1.54) is 0 Å². The molecular formula is C25H41N7O14. The molecule has 0 unspecified atom stereocenters. The zero-order valence-corrected chi connectivity index (χ0v) is 25.6. The Labute approximate surface area is 262 Å².